The van der Waals surface area contributed by atoms with Gasteiger partial charge in [0.2, 0.25) is 0 Å². The highest BCUT2D eigenvalue weighted by molar-refractivity contribution is 5.88. The van der Waals surface area contributed by atoms with Crippen LogP contribution in [-0.2, 0) is 6.54 Å². The number of carboxylic acids is 1. The van der Waals surface area contributed by atoms with Gasteiger partial charge in [-0.2, -0.15) is 0 Å². The molecule has 0 fully saturated rings. The first-order valence-electron chi connectivity index (χ1n) is 5.17. The molecule has 0 aliphatic rings. The Kier molecular flexibility index (Phi) is 4.31. The summed E-state index contributed by atoms with van der Waals surface area (Å²) in [6.07, 6.45) is 0. The fraction of sp³-hybridized carbons (Fsp3) is 0.417. The van der Waals surface area contributed by atoms with Crippen molar-refractivity contribution in [1.82, 2.24) is 4.90 Å². The van der Waals surface area contributed by atoms with Crippen molar-refractivity contribution >= 4 is 5.97 Å². The maximum Gasteiger partial charge on any atom is 0.335 e. The van der Waals surface area contributed by atoms with Crippen LogP contribution in [0.5, 0.6) is 5.75 Å². The lowest BCUT2D eigenvalue weighted by atomic mass is 10.1. The van der Waals surface area contributed by atoms with Gasteiger partial charge in [0.25, 0.3) is 0 Å². The molecule has 88 valence electrons. The molecular weight excluding hydrogens is 206 g/mol. The molecule has 0 aliphatic carbocycles. The Morgan fingerprint density at radius 2 is 2.19 bits per heavy atom. The summed E-state index contributed by atoms with van der Waals surface area (Å²) in [6.45, 7) is 3.75. The second kappa shape index (κ2) is 5.51. The Hall–Kier alpha value is -1.55. The van der Waals surface area contributed by atoms with Gasteiger partial charge in [-0.15, -0.1) is 0 Å². The number of carboxylic acid groups (broad SMARTS) is 1. The molecule has 1 aromatic rings. The van der Waals surface area contributed by atoms with Crippen LogP contribution < -0.4 is 4.74 Å². The Morgan fingerprint density at radius 3 is 2.69 bits per heavy atom. The number of carbonyl (C=O) groups is 1. The summed E-state index contributed by atoms with van der Waals surface area (Å²) >= 11 is 0. The normalized spacial score (nSPS) is 10.5. The molecule has 0 heterocycles. The summed E-state index contributed by atoms with van der Waals surface area (Å²) in [7, 11) is 3.56. The van der Waals surface area contributed by atoms with E-state index in [-0.39, 0.29) is 5.56 Å². The first kappa shape index (κ1) is 12.5. The number of hydrogen-bond donors (Lipinski definition) is 1. The van der Waals surface area contributed by atoms with E-state index in [1.807, 2.05) is 7.05 Å². The summed E-state index contributed by atoms with van der Waals surface area (Å²) in [5, 5.41) is 8.86. The maximum atomic E-state index is 10.8. The molecule has 4 heteroatoms. The fourth-order valence-corrected chi connectivity index (χ4v) is 1.41. The summed E-state index contributed by atoms with van der Waals surface area (Å²) in [4.78, 5) is 12.9. The standard InChI is InChI=1S/C12H17NO3/c1-4-13(2)8-10-6-5-9(12(14)15)7-11(10)16-3/h5-7H,4,8H2,1-3H3,(H,14,15). The first-order chi connectivity index (χ1) is 7.58. The Morgan fingerprint density at radius 1 is 1.50 bits per heavy atom. The number of methoxy groups -OCH3 is 1. The number of rotatable bonds is 5. The highest BCUT2D eigenvalue weighted by atomic mass is 16.5. The lowest BCUT2D eigenvalue weighted by Gasteiger charge is -2.16. The zero-order valence-electron chi connectivity index (χ0n) is 9.86. The molecule has 0 aromatic heterocycles. The van der Waals surface area contributed by atoms with Gasteiger partial charge in [0, 0.05) is 12.1 Å². The zero-order chi connectivity index (χ0) is 12.1. The van der Waals surface area contributed by atoms with Gasteiger partial charge in [-0.05, 0) is 25.7 Å². The molecule has 16 heavy (non-hydrogen) atoms. The molecule has 0 aliphatic heterocycles. The van der Waals surface area contributed by atoms with E-state index in [1.54, 1.807) is 25.3 Å². The summed E-state index contributed by atoms with van der Waals surface area (Å²) in [5.41, 5.74) is 1.25. The van der Waals surface area contributed by atoms with Crippen molar-refractivity contribution < 1.29 is 14.6 Å². The molecule has 1 N–H and O–H groups in total. The monoisotopic (exact) mass is 223 g/mol. The third kappa shape index (κ3) is 2.97. The number of benzene rings is 1. The highest BCUT2D eigenvalue weighted by Gasteiger charge is 2.09. The topological polar surface area (TPSA) is 49.8 Å². The maximum absolute atomic E-state index is 10.8. The minimum absolute atomic E-state index is 0.250. The van der Waals surface area contributed by atoms with Crippen molar-refractivity contribution in [2.24, 2.45) is 0 Å². The molecule has 0 atom stereocenters. The van der Waals surface area contributed by atoms with Crippen molar-refractivity contribution in [3.63, 3.8) is 0 Å². The van der Waals surface area contributed by atoms with Crippen LogP contribution in [0.3, 0.4) is 0 Å². The van der Waals surface area contributed by atoms with Crippen molar-refractivity contribution in [1.29, 1.82) is 0 Å². The van der Waals surface area contributed by atoms with E-state index in [0.29, 0.717) is 5.75 Å². The van der Waals surface area contributed by atoms with Crippen LogP contribution in [0, 0.1) is 0 Å². The molecule has 0 saturated heterocycles. The molecule has 4 nitrogen and oxygen atoms in total. The van der Waals surface area contributed by atoms with Crippen molar-refractivity contribution in [3.05, 3.63) is 29.3 Å². The largest absolute Gasteiger partial charge is 0.496 e. The van der Waals surface area contributed by atoms with Crippen LogP contribution in [-0.4, -0.2) is 36.7 Å². The van der Waals surface area contributed by atoms with E-state index in [1.165, 1.54) is 0 Å². The number of nitrogens with zero attached hydrogens (tertiary/aromatic N) is 1. The number of hydrogen-bond acceptors (Lipinski definition) is 3. The molecular formula is C12H17NO3. The lowest BCUT2D eigenvalue weighted by Crippen LogP contribution is -2.17. The van der Waals surface area contributed by atoms with Crippen molar-refractivity contribution in [2.75, 3.05) is 20.7 Å². The smallest absolute Gasteiger partial charge is 0.335 e. The predicted molar refractivity (Wildman–Crippen MR) is 62.0 cm³/mol. The average Bonchev–Trinajstić information content (AvgIpc) is 2.29. The molecule has 0 amide bonds. The van der Waals surface area contributed by atoms with Crippen LogP contribution >= 0.6 is 0 Å². The fourth-order valence-electron chi connectivity index (χ4n) is 1.41. The first-order valence-corrected chi connectivity index (χ1v) is 5.17. The molecule has 1 aromatic carbocycles. The van der Waals surface area contributed by atoms with Gasteiger partial charge >= 0.3 is 5.97 Å². The van der Waals surface area contributed by atoms with E-state index in [2.05, 4.69) is 11.8 Å². The molecule has 1 rings (SSSR count). The zero-order valence-corrected chi connectivity index (χ0v) is 9.86. The van der Waals surface area contributed by atoms with Crippen molar-refractivity contribution in [2.45, 2.75) is 13.5 Å². The molecule has 0 spiro atoms. The molecule has 0 unspecified atom stereocenters. The van der Waals surface area contributed by atoms with Crippen LogP contribution in [0.2, 0.25) is 0 Å². The van der Waals surface area contributed by atoms with Gasteiger partial charge in [0.1, 0.15) is 5.75 Å². The SMILES string of the molecule is CCN(C)Cc1ccc(C(=O)O)cc1OC. The second-order valence-corrected chi connectivity index (χ2v) is 3.66. The van der Waals surface area contributed by atoms with Gasteiger partial charge in [0.15, 0.2) is 0 Å². The Balaban J connectivity index is 2.97. The van der Waals surface area contributed by atoms with Gasteiger partial charge < -0.3 is 14.7 Å². The van der Waals surface area contributed by atoms with E-state index in [0.717, 1.165) is 18.7 Å². The van der Waals surface area contributed by atoms with Crippen LogP contribution in [0.25, 0.3) is 0 Å². The quantitative estimate of drug-likeness (QED) is 0.827. The minimum atomic E-state index is -0.936. The van der Waals surface area contributed by atoms with Crippen LogP contribution in [0.1, 0.15) is 22.8 Å². The van der Waals surface area contributed by atoms with E-state index < -0.39 is 5.97 Å². The van der Waals surface area contributed by atoms with E-state index in [4.69, 9.17) is 9.84 Å². The minimum Gasteiger partial charge on any atom is -0.496 e. The van der Waals surface area contributed by atoms with Crippen LogP contribution in [0.15, 0.2) is 18.2 Å². The van der Waals surface area contributed by atoms with Crippen LogP contribution in [0.4, 0.5) is 0 Å². The molecule has 0 saturated carbocycles. The number of aromatic carboxylic acids is 1. The van der Waals surface area contributed by atoms with Gasteiger partial charge in [-0.25, -0.2) is 4.79 Å². The lowest BCUT2D eigenvalue weighted by molar-refractivity contribution is 0.0696. The molecule has 0 radical (unpaired) electrons. The third-order valence-corrected chi connectivity index (χ3v) is 2.51. The van der Waals surface area contributed by atoms with Gasteiger partial charge in [-0.1, -0.05) is 13.0 Å². The highest BCUT2D eigenvalue weighted by Crippen LogP contribution is 2.21. The predicted octanol–water partition coefficient (Wildman–Crippen LogP) is 1.85. The number of ether oxygens (including phenoxy) is 1. The van der Waals surface area contributed by atoms with Crippen molar-refractivity contribution in [3.8, 4) is 5.75 Å². The molecule has 0 bridgehead atoms. The van der Waals surface area contributed by atoms with E-state index in [9.17, 15) is 4.79 Å². The average molecular weight is 223 g/mol. The van der Waals surface area contributed by atoms with E-state index >= 15 is 0 Å². The Labute approximate surface area is 95.5 Å². The third-order valence-electron chi connectivity index (χ3n) is 2.51. The summed E-state index contributed by atoms with van der Waals surface area (Å²) in [6, 6.07) is 4.96. The summed E-state index contributed by atoms with van der Waals surface area (Å²) < 4.78 is 5.19. The Bertz CT molecular complexity index is 377. The van der Waals surface area contributed by atoms with Gasteiger partial charge in [0.05, 0.1) is 12.7 Å². The summed E-state index contributed by atoms with van der Waals surface area (Å²) in [5.74, 6) is -0.311. The second-order valence-electron chi connectivity index (χ2n) is 3.66. The van der Waals surface area contributed by atoms with Gasteiger partial charge in [-0.3, -0.25) is 0 Å².